The van der Waals surface area contributed by atoms with E-state index in [2.05, 4.69) is 0 Å². The Labute approximate surface area is 61.5 Å². The predicted octanol–water partition coefficient (Wildman–Crippen LogP) is 3.39. The van der Waals surface area contributed by atoms with Crippen molar-refractivity contribution in [3.63, 3.8) is 0 Å². The Morgan fingerprint density at radius 2 is 1.50 bits per heavy atom. The average molecular weight is 155 g/mol. The van der Waals surface area contributed by atoms with Crippen LogP contribution in [-0.4, -0.2) is 5.38 Å². The molecule has 0 amide bonds. The van der Waals surface area contributed by atoms with Crippen LogP contribution < -0.4 is 0 Å². The van der Waals surface area contributed by atoms with Crippen LogP contribution in [0.4, 0.5) is 0 Å². The molecule has 0 nitrogen and oxygen atoms in total. The van der Waals surface area contributed by atoms with Gasteiger partial charge in [0.2, 0.25) is 0 Å². The molecule has 0 aliphatic rings. The Bertz CT molecular complexity index is 41.7. The highest BCUT2D eigenvalue weighted by molar-refractivity contribution is 6.25. The fourth-order valence-electron chi connectivity index (χ4n) is 0. The minimum atomic E-state index is 0.306. The van der Waals surface area contributed by atoms with Gasteiger partial charge in [-0.2, -0.15) is 0 Å². The van der Waals surface area contributed by atoms with Crippen molar-refractivity contribution in [2.24, 2.45) is 0 Å². The Kier molecular flexibility index (Phi) is 14.4. The van der Waals surface area contributed by atoms with E-state index in [4.69, 9.17) is 23.2 Å². The first kappa shape index (κ1) is 11.2. The molecule has 0 aromatic heterocycles. The fourth-order valence-corrected chi connectivity index (χ4v) is 0. The Morgan fingerprint density at radius 1 is 1.38 bits per heavy atom. The maximum absolute atomic E-state index is 5.27. The smallest absolute Gasteiger partial charge is 0.0279 e. The molecule has 0 radical (unpaired) electrons. The van der Waals surface area contributed by atoms with Crippen molar-refractivity contribution in [2.45, 2.75) is 26.1 Å². The zero-order valence-electron chi connectivity index (χ0n) is 5.49. The van der Waals surface area contributed by atoms with E-state index in [1.807, 2.05) is 20.8 Å². The van der Waals surface area contributed by atoms with Crippen LogP contribution >= 0.6 is 23.2 Å². The molecule has 0 bridgehead atoms. The summed E-state index contributed by atoms with van der Waals surface area (Å²) in [4.78, 5) is 0. The summed E-state index contributed by atoms with van der Waals surface area (Å²) in [7, 11) is 0. The molecule has 50 valence electrons. The molecule has 0 aromatic rings. The summed E-state index contributed by atoms with van der Waals surface area (Å²) in [6.45, 7) is 5.73. The standard InChI is InChI=1S/C3H7Cl.C3H5Cl/c1-3(2)4;1-2-3-4/h3H,1-2H3;2-3H,1H3. The van der Waals surface area contributed by atoms with Crippen molar-refractivity contribution >= 4 is 23.2 Å². The minimum absolute atomic E-state index is 0.306. The summed E-state index contributed by atoms with van der Waals surface area (Å²) in [5, 5.41) is 0.306. The lowest BCUT2D eigenvalue weighted by atomic mass is 10.6. The van der Waals surface area contributed by atoms with Crippen LogP contribution in [0.15, 0.2) is 11.6 Å². The number of halogens is 2. The molecule has 0 aliphatic heterocycles. The first-order chi connectivity index (χ1) is 3.65. The molecular formula is C6H12Cl2. The van der Waals surface area contributed by atoms with E-state index in [1.165, 1.54) is 5.54 Å². The monoisotopic (exact) mass is 154 g/mol. The van der Waals surface area contributed by atoms with Crippen LogP contribution in [0.25, 0.3) is 0 Å². The summed E-state index contributed by atoms with van der Waals surface area (Å²) < 4.78 is 0. The lowest BCUT2D eigenvalue weighted by molar-refractivity contribution is 1.10. The van der Waals surface area contributed by atoms with Crippen molar-refractivity contribution in [2.75, 3.05) is 0 Å². The largest absolute Gasteiger partial charge is 0.124 e. The highest BCUT2D eigenvalue weighted by atomic mass is 35.5. The van der Waals surface area contributed by atoms with Gasteiger partial charge in [0.15, 0.2) is 0 Å². The lowest BCUT2D eigenvalue weighted by Crippen LogP contribution is -1.70. The third kappa shape index (κ3) is 103. The van der Waals surface area contributed by atoms with E-state index in [0.29, 0.717) is 5.38 Å². The molecule has 0 saturated heterocycles. The molecule has 0 rings (SSSR count). The Morgan fingerprint density at radius 3 is 1.50 bits per heavy atom. The van der Waals surface area contributed by atoms with Crippen molar-refractivity contribution in [1.82, 2.24) is 0 Å². The Hall–Kier alpha value is 0.320. The highest BCUT2D eigenvalue weighted by Crippen LogP contribution is 1.84. The lowest BCUT2D eigenvalue weighted by Gasteiger charge is -1.76. The number of hydrogen-bond donors (Lipinski definition) is 0. The molecule has 0 fully saturated rings. The van der Waals surface area contributed by atoms with Gasteiger partial charge in [-0.25, -0.2) is 0 Å². The van der Waals surface area contributed by atoms with E-state index >= 15 is 0 Å². The first-order valence-corrected chi connectivity index (χ1v) is 3.37. The molecule has 0 spiro atoms. The number of rotatable bonds is 0. The van der Waals surface area contributed by atoms with Crippen molar-refractivity contribution in [3.05, 3.63) is 11.6 Å². The Balaban J connectivity index is 0. The molecule has 2 heteroatoms. The SMILES string of the molecule is CC(C)Cl.CC=CCl. The molecule has 8 heavy (non-hydrogen) atoms. The van der Waals surface area contributed by atoms with Gasteiger partial charge in [0.05, 0.1) is 0 Å². The van der Waals surface area contributed by atoms with Crippen molar-refractivity contribution < 1.29 is 0 Å². The summed E-state index contributed by atoms with van der Waals surface area (Å²) in [5.41, 5.74) is 1.47. The molecule has 0 heterocycles. The number of alkyl halides is 1. The minimum Gasteiger partial charge on any atom is -0.124 e. The quantitative estimate of drug-likeness (QED) is 0.470. The van der Waals surface area contributed by atoms with Crippen LogP contribution in [0.5, 0.6) is 0 Å². The van der Waals surface area contributed by atoms with E-state index < -0.39 is 0 Å². The van der Waals surface area contributed by atoms with E-state index in [0.717, 1.165) is 0 Å². The zero-order valence-corrected chi connectivity index (χ0v) is 7.00. The van der Waals surface area contributed by atoms with Gasteiger partial charge in [-0.15, -0.1) is 11.6 Å². The second-order valence-corrected chi connectivity index (χ2v) is 2.60. The second-order valence-electron chi connectivity index (χ2n) is 1.47. The van der Waals surface area contributed by atoms with Crippen LogP contribution in [0.2, 0.25) is 0 Å². The summed E-state index contributed by atoms with van der Waals surface area (Å²) in [6.07, 6.45) is 1.77. The van der Waals surface area contributed by atoms with Gasteiger partial charge in [0.25, 0.3) is 0 Å². The van der Waals surface area contributed by atoms with Gasteiger partial charge in [0, 0.05) is 5.38 Å². The zero-order chi connectivity index (χ0) is 6.99. The molecule has 0 atom stereocenters. The van der Waals surface area contributed by atoms with E-state index in [9.17, 15) is 0 Å². The molecule has 0 unspecified atom stereocenters. The topological polar surface area (TPSA) is 0 Å². The van der Waals surface area contributed by atoms with Crippen molar-refractivity contribution in [1.29, 1.82) is 0 Å². The van der Waals surface area contributed by atoms with Crippen LogP contribution in [-0.2, 0) is 0 Å². The number of allylic oxidation sites excluding steroid dienone is 1. The van der Waals surface area contributed by atoms with Gasteiger partial charge in [0.1, 0.15) is 0 Å². The van der Waals surface area contributed by atoms with Crippen LogP contribution in [0.3, 0.4) is 0 Å². The maximum atomic E-state index is 5.27. The average Bonchev–Trinajstić information content (AvgIpc) is 1.65. The molecule has 0 saturated carbocycles. The molecular weight excluding hydrogens is 143 g/mol. The predicted molar refractivity (Wildman–Crippen MR) is 41.7 cm³/mol. The van der Waals surface area contributed by atoms with Gasteiger partial charge in [-0.3, -0.25) is 0 Å². The maximum Gasteiger partial charge on any atom is 0.0279 e. The van der Waals surface area contributed by atoms with Crippen LogP contribution in [0.1, 0.15) is 20.8 Å². The molecule has 0 aliphatic carbocycles. The second kappa shape index (κ2) is 10.3. The molecule has 0 N–H and O–H groups in total. The summed E-state index contributed by atoms with van der Waals surface area (Å²) >= 11 is 10.3. The van der Waals surface area contributed by atoms with Gasteiger partial charge in [-0.05, 0) is 26.3 Å². The van der Waals surface area contributed by atoms with Gasteiger partial charge >= 0.3 is 0 Å². The highest BCUT2D eigenvalue weighted by Gasteiger charge is 1.71. The summed E-state index contributed by atoms with van der Waals surface area (Å²) in [6, 6.07) is 0. The van der Waals surface area contributed by atoms with Gasteiger partial charge in [-0.1, -0.05) is 17.7 Å². The first-order valence-electron chi connectivity index (χ1n) is 2.50. The van der Waals surface area contributed by atoms with E-state index in [-0.39, 0.29) is 0 Å². The number of hydrogen-bond acceptors (Lipinski definition) is 0. The third-order valence-electron chi connectivity index (χ3n) is 0.126. The fraction of sp³-hybridized carbons (Fsp3) is 0.667. The molecule has 0 aromatic carbocycles. The summed E-state index contributed by atoms with van der Waals surface area (Å²) in [5.74, 6) is 0. The van der Waals surface area contributed by atoms with Gasteiger partial charge < -0.3 is 0 Å². The normalized spacial score (nSPS) is 9.25. The third-order valence-corrected chi connectivity index (χ3v) is 0.378. The van der Waals surface area contributed by atoms with Crippen LogP contribution in [0, 0.1) is 0 Å². The van der Waals surface area contributed by atoms with Crippen molar-refractivity contribution in [3.8, 4) is 0 Å². The van der Waals surface area contributed by atoms with E-state index in [1.54, 1.807) is 6.08 Å².